The van der Waals surface area contributed by atoms with Crippen molar-refractivity contribution in [1.82, 2.24) is 0 Å². The molecule has 0 spiro atoms. The summed E-state index contributed by atoms with van der Waals surface area (Å²) >= 11 is 3.40. The van der Waals surface area contributed by atoms with Crippen LogP contribution in [0.3, 0.4) is 0 Å². The van der Waals surface area contributed by atoms with Crippen molar-refractivity contribution in [3.63, 3.8) is 0 Å². The van der Waals surface area contributed by atoms with E-state index in [9.17, 15) is 4.79 Å². The number of hydrogen-bond donors (Lipinski definition) is 0. The maximum Gasteiger partial charge on any atom is 0.363 e. The molecule has 0 radical (unpaired) electrons. The fourth-order valence-electron chi connectivity index (χ4n) is 2.08. The van der Waals surface area contributed by atoms with Gasteiger partial charge in [-0.2, -0.15) is 0 Å². The van der Waals surface area contributed by atoms with Crippen LogP contribution in [0.15, 0.2) is 63.7 Å². The Bertz CT molecular complexity index is 777. The Morgan fingerprint density at radius 2 is 1.83 bits per heavy atom. The zero-order chi connectivity index (χ0) is 16.2. The van der Waals surface area contributed by atoms with Crippen LogP contribution in [-0.4, -0.2) is 11.9 Å². The van der Waals surface area contributed by atoms with Gasteiger partial charge in [-0.05, 0) is 41.5 Å². The number of halogens is 1. The predicted molar refractivity (Wildman–Crippen MR) is 92.1 cm³/mol. The average molecular weight is 372 g/mol. The second kappa shape index (κ2) is 6.79. The van der Waals surface area contributed by atoms with Gasteiger partial charge in [0.15, 0.2) is 11.6 Å². The van der Waals surface area contributed by atoms with E-state index in [2.05, 4.69) is 20.9 Å². The number of aliphatic imine (C=N–C) groups is 1. The standard InChI is InChI=1S/C18H14BrNO3/c1-12-20-17(18(21)23-12)10-13-4-8-16(9-5-13)22-11-14-2-6-15(19)7-3-14/h2-10H,11H2,1H3/b17-10+. The third-order valence-electron chi connectivity index (χ3n) is 3.23. The van der Waals surface area contributed by atoms with Gasteiger partial charge in [0.25, 0.3) is 0 Å². The van der Waals surface area contributed by atoms with Crippen LogP contribution < -0.4 is 4.74 Å². The molecule has 0 aromatic heterocycles. The molecule has 2 aromatic rings. The van der Waals surface area contributed by atoms with Crippen LogP contribution in [0, 0.1) is 0 Å². The molecular formula is C18H14BrNO3. The SMILES string of the molecule is CC1=N/C(=C/c2ccc(OCc3ccc(Br)cc3)cc2)C(=O)O1. The van der Waals surface area contributed by atoms with Gasteiger partial charge >= 0.3 is 5.97 Å². The van der Waals surface area contributed by atoms with E-state index >= 15 is 0 Å². The fraction of sp³-hybridized carbons (Fsp3) is 0.111. The molecule has 2 aromatic carbocycles. The van der Waals surface area contributed by atoms with E-state index in [0.29, 0.717) is 18.2 Å². The van der Waals surface area contributed by atoms with Crippen molar-refractivity contribution in [2.45, 2.75) is 13.5 Å². The minimum absolute atomic E-state index is 0.311. The number of carbonyl (C=O) groups is 1. The first-order chi connectivity index (χ1) is 11.1. The first-order valence-electron chi connectivity index (χ1n) is 7.07. The Labute approximate surface area is 142 Å². The summed E-state index contributed by atoms with van der Waals surface area (Å²) in [6.07, 6.45) is 1.69. The van der Waals surface area contributed by atoms with Gasteiger partial charge in [0.2, 0.25) is 0 Å². The molecule has 0 bridgehead atoms. The molecule has 0 atom stereocenters. The lowest BCUT2D eigenvalue weighted by Gasteiger charge is -2.06. The van der Waals surface area contributed by atoms with Crippen LogP contribution in [0.5, 0.6) is 5.75 Å². The van der Waals surface area contributed by atoms with Crippen LogP contribution in [0.25, 0.3) is 6.08 Å². The number of hydrogen-bond acceptors (Lipinski definition) is 4. The van der Waals surface area contributed by atoms with E-state index in [4.69, 9.17) is 9.47 Å². The number of benzene rings is 2. The van der Waals surface area contributed by atoms with Gasteiger partial charge in [0.1, 0.15) is 12.4 Å². The summed E-state index contributed by atoms with van der Waals surface area (Å²) < 4.78 is 11.7. The van der Waals surface area contributed by atoms with Gasteiger partial charge in [-0.25, -0.2) is 9.79 Å². The normalized spacial score (nSPS) is 15.5. The van der Waals surface area contributed by atoms with Gasteiger partial charge in [-0.3, -0.25) is 0 Å². The summed E-state index contributed by atoms with van der Waals surface area (Å²) in [4.78, 5) is 15.5. The first kappa shape index (κ1) is 15.5. The Morgan fingerprint density at radius 3 is 2.43 bits per heavy atom. The van der Waals surface area contributed by atoms with E-state index in [1.807, 2.05) is 48.5 Å². The van der Waals surface area contributed by atoms with E-state index in [-0.39, 0.29) is 0 Å². The molecule has 116 valence electrons. The summed E-state index contributed by atoms with van der Waals surface area (Å²) in [5, 5.41) is 0. The van der Waals surface area contributed by atoms with E-state index in [1.54, 1.807) is 13.0 Å². The Kier molecular flexibility index (Phi) is 4.57. The maximum absolute atomic E-state index is 11.5. The zero-order valence-corrected chi connectivity index (χ0v) is 14.0. The Morgan fingerprint density at radius 1 is 1.13 bits per heavy atom. The van der Waals surface area contributed by atoms with Crippen molar-refractivity contribution in [3.05, 3.63) is 69.8 Å². The smallest absolute Gasteiger partial charge is 0.363 e. The highest BCUT2D eigenvalue weighted by molar-refractivity contribution is 9.10. The largest absolute Gasteiger partial charge is 0.489 e. The highest BCUT2D eigenvalue weighted by atomic mass is 79.9. The highest BCUT2D eigenvalue weighted by Gasteiger charge is 2.19. The van der Waals surface area contributed by atoms with Gasteiger partial charge in [0.05, 0.1) is 0 Å². The second-order valence-electron chi connectivity index (χ2n) is 5.03. The Hall–Kier alpha value is -2.40. The van der Waals surface area contributed by atoms with E-state index in [1.165, 1.54) is 0 Å². The molecule has 1 aliphatic heterocycles. The summed E-state index contributed by atoms with van der Waals surface area (Å²) in [7, 11) is 0. The average Bonchev–Trinajstić information content (AvgIpc) is 2.86. The molecule has 0 N–H and O–H groups in total. The number of nitrogens with zero attached hydrogens (tertiary/aromatic N) is 1. The number of carbonyl (C=O) groups excluding carboxylic acids is 1. The quantitative estimate of drug-likeness (QED) is 0.593. The molecule has 23 heavy (non-hydrogen) atoms. The van der Waals surface area contributed by atoms with Crippen LogP contribution in [0.1, 0.15) is 18.1 Å². The molecule has 5 heteroatoms. The minimum Gasteiger partial charge on any atom is -0.489 e. The molecular weight excluding hydrogens is 358 g/mol. The monoisotopic (exact) mass is 371 g/mol. The van der Waals surface area contributed by atoms with Crippen LogP contribution >= 0.6 is 15.9 Å². The molecule has 1 aliphatic rings. The summed E-state index contributed by atoms with van der Waals surface area (Å²) in [6, 6.07) is 15.5. The molecule has 0 fully saturated rings. The molecule has 0 amide bonds. The van der Waals surface area contributed by atoms with Crippen molar-refractivity contribution in [3.8, 4) is 5.75 Å². The minimum atomic E-state index is -0.418. The Balaban J connectivity index is 1.64. The number of rotatable bonds is 4. The van der Waals surface area contributed by atoms with Gasteiger partial charge in [-0.1, -0.05) is 40.2 Å². The zero-order valence-electron chi connectivity index (χ0n) is 12.5. The van der Waals surface area contributed by atoms with Crippen molar-refractivity contribution in [1.29, 1.82) is 0 Å². The van der Waals surface area contributed by atoms with E-state index < -0.39 is 5.97 Å². The fourth-order valence-corrected chi connectivity index (χ4v) is 2.35. The van der Waals surface area contributed by atoms with Gasteiger partial charge < -0.3 is 9.47 Å². The lowest BCUT2D eigenvalue weighted by Crippen LogP contribution is -1.99. The van der Waals surface area contributed by atoms with Crippen LogP contribution in [-0.2, 0) is 16.1 Å². The summed E-state index contributed by atoms with van der Waals surface area (Å²) in [6.45, 7) is 2.15. The number of esters is 1. The van der Waals surface area contributed by atoms with Crippen LogP contribution in [0.2, 0.25) is 0 Å². The highest BCUT2D eigenvalue weighted by Crippen LogP contribution is 2.19. The molecule has 0 saturated heterocycles. The topological polar surface area (TPSA) is 47.9 Å². The molecule has 0 saturated carbocycles. The summed E-state index contributed by atoms with van der Waals surface area (Å²) in [5.74, 6) is 0.720. The predicted octanol–water partition coefficient (Wildman–Crippen LogP) is 4.34. The van der Waals surface area contributed by atoms with Crippen LogP contribution in [0.4, 0.5) is 0 Å². The third-order valence-corrected chi connectivity index (χ3v) is 3.76. The molecule has 1 heterocycles. The number of cyclic esters (lactones) is 1. The van der Waals surface area contributed by atoms with Crippen molar-refractivity contribution in [2.75, 3.05) is 0 Å². The second-order valence-corrected chi connectivity index (χ2v) is 5.95. The van der Waals surface area contributed by atoms with Crippen molar-refractivity contribution < 1.29 is 14.3 Å². The lowest BCUT2D eigenvalue weighted by atomic mass is 10.2. The molecule has 3 rings (SSSR count). The van der Waals surface area contributed by atoms with Gasteiger partial charge in [-0.15, -0.1) is 0 Å². The molecule has 4 nitrogen and oxygen atoms in total. The number of ether oxygens (including phenoxy) is 2. The summed E-state index contributed by atoms with van der Waals surface area (Å²) in [5.41, 5.74) is 2.27. The first-order valence-corrected chi connectivity index (χ1v) is 7.86. The maximum atomic E-state index is 11.5. The van der Waals surface area contributed by atoms with Crippen molar-refractivity contribution in [2.24, 2.45) is 4.99 Å². The van der Waals surface area contributed by atoms with E-state index in [0.717, 1.165) is 21.3 Å². The lowest BCUT2D eigenvalue weighted by molar-refractivity contribution is -0.130. The van der Waals surface area contributed by atoms with Crippen molar-refractivity contribution >= 4 is 33.9 Å². The molecule has 0 aliphatic carbocycles. The third kappa shape index (κ3) is 4.07. The molecule has 0 unspecified atom stereocenters. The van der Waals surface area contributed by atoms with Gasteiger partial charge in [0, 0.05) is 11.4 Å².